The van der Waals surface area contributed by atoms with Gasteiger partial charge in [-0.3, -0.25) is 0 Å². The lowest BCUT2D eigenvalue weighted by Gasteiger charge is -2.15. The Morgan fingerprint density at radius 1 is 1.00 bits per heavy atom. The van der Waals surface area contributed by atoms with Crippen LogP contribution in [0, 0.1) is 13.8 Å². The molecule has 0 N–H and O–H groups in total. The van der Waals surface area contributed by atoms with E-state index in [0.29, 0.717) is 13.2 Å². The van der Waals surface area contributed by atoms with Crippen LogP contribution in [0.1, 0.15) is 9.75 Å². The Bertz CT molecular complexity index is 251. The summed E-state index contributed by atoms with van der Waals surface area (Å²) in [4.78, 5) is 2.44. The molecule has 0 saturated carbocycles. The van der Waals surface area contributed by atoms with E-state index in [1.165, 1.54) is 9.75 Å². The van der Waals surface area contributed by atoms with E-state index in [1.54, 1.807) is 11.3 Å². The number of thiophene rings is 1. The lowest BCUT2D eigenvalue weighted by atomic mass is 10.3. The molecule has 0 fully saturated rings. The van der Waals surface area contributed by atoms with Gasteiger partial charge in [-0.25, -0.2) is 0 Å². The van der Waals surface area contributed by atoms with Crippen molar-refractivity contribution in [2.24, 2.45) is 0 Å². The molecule has 1 aromatic heterocycles. The second-order valence-corrected chi connectivity index (χ2v) is 4.00. The number of hydrogen-bond donors (Lipinski definition) is 0. The van der Waals surface area contributed by atoms with E-state index in [1.807, 2.05) is 0 Å². The van der Waals surface area contributed by atoms with Gasteiger partial charge in [0.1, 0.15) is 13.2 Å². The van der Waals surface area contributed by atoms with Crippen LogP contribution in [0.5, 0.6) is 11.5 Å². The SMILES string of the molecule is Cc1sc(C)c2c1OCCO2. The van der Waals surface area contributed by atoms with Gasteiger partial charge in [0.2, 0.25) is 0 Å². The summed E-state index contributed by atoms with van der Waals surface area (Å²) in [5, 5.41) is 0. The van der Waals surface area contributed by atoms with E-state index >= 15 is 0 Å². The average Bonchev–Trinajstić information content (AvgIpc) is 2.30. The molecule has 3 heteroatoms. The quantitative estimate of drug-likeness (QED) is 0.594. The van der Waals surface area contributed by atoms with E-state index < -0.39 is 0 Å². The van der Waals surface area contributed by atoms with Gasteiger partial charge >= 0.3 is 0 Å². The van der Waals surface area contributed by atoms with Crippen molar-refractivity contribution in [1.82, 2.24) is 0 Å². The van der Waals surface area contributed by atoms with Crippen LogP contribution in [0.3, 0.4) is 0 Å². The lowest BCUT2D eigenvalue weighted by Crippen LogP contribution is -2.14. The molecule has 0 aromatic carbocycles. The summed E-state index contributed by atoms with van der Waals surface area (Å²) in [6.07, 6.45) is 0. The van der Waals surface area contributed by atoms with Gasteiger partial charge in [0.15, 0.2) is 11.5 Å². The molecule has 0 saturated heterocycles. The van der Waals surface area contributed by atoms with Crippen LogP contribution < -0.4 is 9.47 Å². The number of fused-ring (bicyclic) bond motifs is 1. The maximum absolute atomic E-state index is 5.46. The lowest BCUT2D eigenvalue weighted by molar-refractivity contribution is 0.171. The van der Waals surface area contributed by atoms with Gasteiger partial charge in [0.05, 0.1) is 0 Å². The van der Waals surface area contributed by atoms with E-state index in [-0.39, 0.29) is 0 Å². The van der Waals surface area contributed by atoms with Crippen LogP contribution in [-0.4, -0.2) is 13.2 Å². The second kappa shape index (κ2) is 2.41. The summed E-state index contributed by atoms with van der Waals surface area (Å²) < 4.78 is 10.9. The summed E-state index contributed by atoms with van der Waals surface area (Å²) in [5.74, 6) is 1.91. The number of rotatable bonds is 0. The Hall–Kier alpha value is -0.700. The summed E-state index contributed by atoms with van der Waals surface area (Å²) in [6, 6.07) is 0. The zero-order valence-electron chi connectivity index (χ0n) is 6.64. The molecule has 0 bridgehead atoms. The van der Waals surface area contributed by atoms with Gasteiger partial charge in [-0.2, -0.15) is 0 Å². The average molecular weight is 170 g/mol. The van der Waals surface area contributed by atoms with Gasteiger partial charge in [0, 0.05) is 9.75 Å². The molecule has 2 rings (SSSR count). The van der Waals surface area contributed by atoms with Gasteiger partial charge in [-0.05, 0) is 13.8 Å². The molecule has 0 radical (unpaired) electrons. The molecule has 0 atom stereocenters. The van der Waals surface area contributed by atoms with Gasteiger partial charge in [0.25, 0.3) is 0 Å². The summed E-state index contributed by atoms with van der Waals surface area (Å²) in [6.45, 7) is 5.49. The summed E-state index contributed by atoms with van der Waals surface area (Å²) in [7, 11) is 0. The molecule has 0 spiro atoms. The highest BCUT2D eigenvalue weighted by atomic mass is 32.1. The summed E-state index contributed by atoms with van der Waals surface area (Å²) in [5.41, 5.74) is 0. The first-order chi connectivity index (χ1) is 5.29. The normalized spacial score (nSPS) is 15.1. The molecule has 1 aliphatic heterocycles. The third kappa shape index (κ3) is 0.997. The van der Waals surface area contributed by atoms with Crippen molar-refractivity contribution in [3.8, 4) is 11.5 Å². The van der Waals surface area contributed by atoms with Crippen molar-refractivity contribution >= 4 is 11.3 Å². The van der Waals surface area contributed by atoms with E-state index in [2.05, 4.69) is 13.8 Å². The van der Waals surface area contributed by atoms with Gasteiger partial charge in [-0.1, -0.05) is 0 Å². The van der Waals surface area contributed by atoms with Crippen LogP contribution in [0.15, 0.2) is 0 Å². The van der Waals surface area contributed by atoms with E-state index in [4.69, 9.17) is 9.47 Å². The Labute approximate surface area is 69.8 Å². The number of aryl methyl sites for hydroxylation is 2. The van der Waals surface area contributed by atoms with Crippen molar-refractivity contribution in [3.05, 3.63) is 9.75 Å². The highest BCUT2D eigenvalue weighted by molar-refractivity contribution is 7.12. The minimum atomic E-state index is 0.685. The Balaban J connectivity index is 2.52. The second-order valence-electron chi connectivity index (χ2n) is 2.57. The first-order valence-corrected chi connectivity index (χ1v) is 4.46. The monoisotopic (exact) mass is 170 g/mol. The first-order valence-electron chi connectivity index (χ1n) is 3.64. The fourth-order valence-corrected chi connectivity index (χ4v) is 2.21. The smallest absolute Gasteiger partial charge is 0.175 e. The molecule has 60 valence electrons. The van der Waals surface area contributed by atoms with Crippen LogP contribution in [0.25, 0.3) is 0 Å². The molecule has 0 unspecified atom stereocenters. The van der Waals surface area contributed by atoms with Crippen LogP contribution in [-0.2, 0) is 0 Å². The van der Waals surface area contributed by atoms with E-state index in [0.717, 1.165) is 11.5 Å². The molecule has 0 aliphatic carbocycles. The topological polar surface area (TPSA) is 18.5 Å². The Kier molecular flexibility index (Phi) is 1.53. The third-order valence-corrected chi connectivity index (χ3v) is 2.71. The standard InChI is InChI=1S/C8H10O2S/c1-5-7-8(6(2)11-5)10-4-3-9-7/h3-4H2,1-2H3. The van der Waals surface area contributed by atoms with Crippen molar-refractivity contribution < 1.29 is 9.47 Å². The minimum absolute atomic E-state index is 0.685. The molecule has 2 nitrogen and oxygen atoms in total. The van der Waals surface area contributed by atoms with Crippen molar-refractivity contribution in [3.63, 3.8) is 0 Å². The van der Waals surface area contributed by atoms with Crippen LogP contribution in [0.2, 0.25) is 0 Å². The predicted molar refractivity (Wildman–Crippen MR) is 44.8 cm³/mol. The van der Waals surface area contributed by atoms with Crippen LogP contribution in [0.4, 0.5) is 0 Å². The minimum Gasteiger partial charge on any atom is -0.485 e. The number of hydrogen-bond acceptors (Lipinski definition) is 3. The Morgan fingerprint density at radius 2 is 1.45 bits per heavy atom. The maximum Gasteiger partial charge on any atom is 0.175 e. The first kappa shape index (κ1) is 6.98. The molecule has 11 heavy (non-hydrogen) atoms. The predicted octanol–water partition coefficient (Wildman–Crippen LogP) is 2.14. The Morgan fingerprint density at radius 3 is 1.91 bits per heavy atom. The molecule has 1 aromatic rings. The van der Waals surface area contributed by atoms with E-state index in [9.17, 15) is 0 Å². The fraction of sp³-hybridized carbons (Fsp3) is 0.500. The highest BCUT2D eigenvalue weighted by Gasteiger charge is 2.19. The van der Waals surface area contributed by atoms with Crippen molar-refractivity contribution in [1.29, 1.82) is 0 Å². The van der Waals surface area contributed by atoms with Crippen LogP contribution >= 0.6 is 11.3 Å². The maximum atomic E-state index is 5.46. The van der Waals surface area contributed by atoms with Gasteiger partial charge in [-0.15, -0.1) is 11.3 Å². The molecule has 2 heterocycles. The third-order valence-electron chi connectivity index (χ3n) is 1.73. The highest BCUT2D eigenvalue weighted by Crippen LogP contribution is 2.42. The molecule has 1 aliphatic rings. The summed E-state index contributed by atoms with van der Waals surface area (Å²) >= 11 is 1.74. The van der Waals surface area contributed by atoms with Gasteiger partial charge < -0.3 is 9.47 Å². The largest absolute Gasteiger partial charge is 0.485 e. The fourth-order valence-electron chi connectivity index (χ4n) is 1.26. The van der Waals surface area contributed by atoms with Crippen molar-refractivity contribution in [2.45, 2.75) is 13.8 Å². The zero-order chi connectivity index (χ0) is 7.84. The number of ether oxygens (including phenoxy) is 2. The molecular weight excluding hydrogens is 160 g/mol. The zero-order valence-corrected chi connectivity index (χ0v) is 7.46. The molecule has 0 amide bonds. The van der Waals surface area contributed by atoms with Crippen molar-refractivity contribution in [2.75, 3.05) is 13.2 Å². The molecular formula is C8H10O2S.